The van der Waals surface area contributed by atoms with E-state index in [-0.39, 0.29) is 5.82 Å². The number of rotatable bonds is 1. The zero-order valence-corrected chi connectivity index (χ0v) is 7.51. The van der Waals surface area contributed by atoms with Gasteiger partial charge in [-0.25, -0.2) is 4.39 Å². The molecule has 1 saturated heterocycles. The molecule has 0 unspecified atom stereocenters. The number of hydrogen-bond acceptors (Lipinski definition) is 2. The Labute approximate surface area is 76.5 Å². The number of ether oxygens (including phenoxy) is 1. The first-order valence-electron chi connectivity index (χ1n) is 4.24. The molecule has 2 N–H and O–H groups in total. The molecule has 0 aliphatic carbocycles. The normalized spacial score (nSPS) is 19.6. The minimum Gasteiger partial charge on any atom is -0.377 e. The molecule has 0 saturated carbocycles. The summed E-state index contributed by atoms with van der Waals surface area (Å²) in [5.41, 5.74) is 7.23. The van der Waals surface area contributed by atoms with Gasteiger partial charge in [-0.05, 0) is 30.2 Å². The van der Waals surface area contributed by atoms with Crippen molar-refractivity contribution in [1.29, 1.82) is 0 Å². The van der Waals surface area contributed by atoms with Crippen LogP contribution in [-0.2, 0) is 10.3 Å². The van der Waals surface area contributed by atoms with Crippen LogP contribution in [0.15, 0.2) is 18.2 Å². The van der Waals surface area contributed by atoms with Crippen LogP contribution in [0.5, 0.6) is 0 Å². The zero-order valence-electron chi connectivity index (χ0n) is 7.51. The fourth-order valence-electron chi connectivity index (χ4n) is 1.51. The molecule has 3 heteroatoms. The van der Waals surface area contributed by atoms with Gasteiger partial charge in [-0.3, -0.25) is 0 Å². The van der Waals surface area contributed by atoms with Gasteiger partial charge in [0.25, 0.3) is 0 Å². The molecule has 0 spiro atoms. The zero-order chi connectivity index (χ0) is 9.47. The van der Waals surface area contributed by atoms with Crippen LogP contribution in [0, 0.1) is 12.7 Å². The minimum atomic E-state index is -0.465. The summed E-state index contributed by atoms with van der Waals surface area (Å²) in [6.07, 6.45) is 0. The van der Waals surface area contributed by atoms with Crippen LogP contribution in [0.4, 0.5) is 4.39 Å². The van der Waals surface area contributed by atoms with Crippen molar-refractivity contribution in [2.75, 3.05) is 13.2 Å². The average molecular weight is 181 g/mol. The lowest BCUT2D eigenvalue weighted by Gasteiger charge is -2.38. The molecule has 2 rings (SSSR count). The number of halogens is 1. The maximum atomic E-state index is 13.0. The standard InChI is InChI=1S/C10H12FNO/c1-7-2-8(4-9(11)3-7)10(12)5-13-6-10/h2-4H,5-6,12H2,1H3. The second-order valence-electron chi connectivity index (χ2n) is 3.67. The van der Waals surface area contributed by atoms with Gasteiger partial charge in [-0.2, -0.15) is 0 Å². The van der Waals surface area contributed by atoms with Crippen molar-refractivity contribution in [3.8, 4) is 0 Å². The Morgan fingerprint density at radius 2 is 2.08 bits per heavy atom. The molecule has 1 fully saturated rings. The molecular weight excluding hydrogens is 169 g/mol. The highest BCUT2D eigenvalue weighted by molar-refractivity contribution is 5.31. The highest BCUT2D eigenvalue weighted by Gasteiger charge is 2.36. The summed E-state index contributed by atoms with van der Waals surface area (Å²) in [6, 6.07) is 4.88. The van der Waals surface area contributed by atoms with E-state index in [9.17, 15) is 4.39 Å². The number of benzene rings is 1. The SMILES string of the molecule is Cc1cc(F)cc(C2(N)COC2)c1. The highest BCUT2D eigenvalue weighted by Crippen LogP contribution is 2.27. The third-order valence-corrected chi connectivity index (χ3v) is 2.34. The second-order valence-corrected chi connectivity index (χ2v) is 3.67. The Kier molecular flexibility index (Phi) is 1.86. The molecule has 1 aromatic carbocycles. The quantitative estimate of drug-likeness (QED) is 0.709. The molecule has 0 amide bonds. The highest BCUT2D eigenvalue weighted by atomic mass is 19.1. The van der Waals surface area contributed by atoms with Crippen molar-refractivity contribution >= 4 is 0 Å². The molecule has 1 aliphatic rings. The predicted octanol–water partition coefficient (Wildman–Crippen LogP) is 1.32. The molecule has 1 aliphatic heterocycles. The summed E-state index contributed by atoms with van der Waals surface area (Å²) >= 11 is 0. The molecule has 13 heavy (non-hydrogen) atoms. The van der Waals surface area contributed by atoms with Crippen LogP contribution >= 0.6 is 0 Å². The summed E-state index contributed by atoms with van der Waals surface area (Å²) < 4.78 is 18.0. The van der Waals surface area contributed by atoms with E-state index in [4.69, 9.17) is 10.5 Å². The van der Waals surface area contributed by atoms with E-state index in [0.29, 0.717) is 13.2 Å². The van der Waals surface area contributed by atoms with Gasteiger partial charge < -0.3 is 10.5 Å². The van der Waals surface area contributed by atoms with E-state index >= 15 is 0 Å². The lowest BCUT2D eigenvalue weighted by Crippen LogP contribution is -2.54. The Morgan fingerprint density at radius 1 is 1.38 bits per heavy atom. The van der Waals surface area contributed by atoms with Crippen LogP contribution in [-0.4, -0.2) is 13.2 Å². The van der Waals surface area contributed by atoms with Gasteiger partial charge in [-0.15, -0.1) is 0 Å². The minimum absolute atomic E-state index is 0.230. The van der Waals surface area contributed by atoms with Gasteiger partial charge >= 0.3 is 0 Å². The Bertz CT molecular complexity index is 313. The lowest BCUT2D eigenvalue weighted by atomic mass is 9.88. The third kappa shape index (κ3) is 1.45. The summed E-state index contributed by atoms with van der Waals surface area (Å²) in [7, 11) is 0. The summed E-state index contributed by atoms with van der Waals surface area (Å²) in [6.45, 7) is 2.82. The fraction of sp³-hybridized carbons (Fsp3) is 0.400. The molecule has 0 aromatic heterocycles. The summed E-state index contributed by atoms with van der Waals surface area (Å²) in [4.78, 5) is 0. The predicted molar refractivity (Wildman–Crippen MR) is 47.8 cm³/mol. The van der Waals surface area contributed by atoms with E-state index in [1.165, 1.54) is 12.1 Å². The van der Waals surface area contributed by atoms with Crippen molar-refractivity contribution in [2.24, 2.45) is 5.73 Å². The number of nitrogens with two attached hydrogens (primary N) is 1. The molecule has 0 bridgehead atoms. The van der Waals surface area contributed by atoms with Crippen LogP contribution in [0.3, 0.4) is 0 Å². The van der Waals surface area contributed by atoms with Gasteiger partial charge in [0.15, 0.2) is 0 Å². The third-order valence-electron chi connectivity index (χ3n) is 2.34. The molecular formula is C10H12FNO. The Balaban J connectivity index is 2.39. The molecule has 0 radical (unpaired) electrons. The van der Waals surface area contributed by atoms with Gasteiger partial charge in [-0.1, -0.05) is 6.07 Å². The summed E-state index contributed by atoms with van der Waals surface area (Å²) in [5.74, 6) is -0.230. The van der Waals surface area contributed by atoms with Gasteiger partial charge in [0.1, 0.15) is 5.82 Å². The maximum absolute atomic E-state index is 13.0. The smallest absolute Gasteiger partial charge is 0.123 e. The number of aryl methyl sites for hydroxylation is 1. The fourth-order valence-corrected chi connectivity index (χ4v) is 1.51. The van der Waals surface area contributed by atoms with Gasteiger partial charge in [0.05, 0.1) is 18.8 Å². The van der Waals surface area contributed by atoms with E-state index in [1.807, 2.05) is 13.0 Å². The molecule has 0 atom stereocenters. The summed E-state index contributed by atoms with van der Waals surface area (Å²) in [5, 5.41) is 0. The van der Waals surface area contributed by atoms with Gasteiger partial charge in [0.2, 0.25) is 0 Å². The van der Waals surface area contributed by atoms with Crippen LogP contribution in [0.25, 0.3) is 0 Å². The van der Waals surface area contributed by atoms with E-state index < -0.39 is 5.54 Å². The first-order chi connectivity index (χ1) is 6.10. The van der Waals surface area contributed by atoms with Crippen LogP contribution in [0.2, 0.25) is 0 Å². The van der Waals surface area contributed by atoms with Crippen LogP contribution in [0.1, 0.15) is 11.1 Å². The van der Waals surface area contributed by atoms with E-state index in [0.717, 1.165) is 11.1 Å². The van der Waals surface area contributed by atoms with Crippen molar-refractivity contribution in [3.05, 3.63) is 35.1 Å². The Hall–Kier alpha value is -0.930. The molecule has 70 valence electrons. The van der Waals surface area contributed by atoms with Crippen LogP contribution < -0.4 is 5.73 Å². The topological polar surface area (TPSA) is 35.2 Å². The maximum Gasteiger partial charge on any atom is 0.123 e. The first-order valence-corrected chi connectivity index (χ1v) is 4.24. The number of hydrogen-bond donors (Lipinski definition) is 1. The monoisotopic (exact) mass is 181 g/mol. The molecule has 2 nitrogen and oxygen atoms in total. The van der Waals surface area contributed by atoms with Crippen molar-refractivity contribution < 1.29 is 9.13 Å². The lowest BCUT2D eigenvalue weighted by molar-refractivity contribution is -0.0570. The second kappa shape index (κ2) is 2.79. The molecule has 1 heterocycles. The Morgan fingerprint density at radius 3 is 2.54 bits per heavy atom. The average Bonchev–Trinajstić information content (AvgIpc) is 1.98. The van der Waals surface area contributed by atoms with Crippen molar-refractivity contribution in [1.82, 2.24) is 0 Å². The van der Waals surface area contributed by atoms with Crippen molar-refractivity contribution in [2.45, 2.75) is 12.5 Å². The molecule has 1 aromatic rings. The van der Waals surface area contributed by atoms with Gasteiger partial charge in [0, 0.05) is 0 Å². The first kappa shape index (κ1) is 8.66. The largest absolute Gasteiger partial charge is 0.377 e. The van der Waals surface area contributed by atoms with E-state index in [2.05, 4.69) is 0 Å². The van der Waals surface area contributed by atoms with Crippen molar-refractivity contribution in [3.63, 3.8) is 0 Å². The van der Waals surface area contributed by atoms with E-state index in [1.54, 1.807) is 0 Å².